The van der Waals surface area contributed by atoms with Gasteiger partial charge in [-0.1, -0.05) is 51.1 Å². The van der Waals surface area contributed by atoms with Crippen molar-refractivity contribution in [2.75, 3.05) is 0 Å². The summed E-state index contributed by atoms with van der Waals surface area (Å²) in [6.45, 7) is 6.43. The van der Waals surface area contributed by atoms with Crippen LogP contribution in [0.5, 0.6) is 28.7 Å². The molecule has 1 amide bonds. The van der Waals surface area contributed by atoms with Gasteiger partial charge in [-0.15, -0.1) is 13.2 Å². The van der Waals surface area contributed by atoms with Crippen molar-refractivity contribution in [3.63, 3.8) is 0 Å². The number of rotatable bonds is 10. The highest BCUT2D eigenvalue weighted by Crippen LogP contribution is 2.30. The third kappa shape index (κ3) is 9.00. The Morgan fingerprint density at radius 3 is 1.85 bits per heavy atom. The maximum atomic E-state index is 13.0. The maximum Gasteiger partial charge on any atom is 0.573 e. The number of nitrogens with zero attached hydrogens (tertiary/aromatic N) is 1. The maximum absolute atomic E-state index is 13.0. The Labute approximate surface area is 268 Å². The van der Waals surface area contributed by atoms with E-state index in [4.69, 9.17) is 9.47 Å². The Hall–Kier alpha value is -5.58. The molecule has 0 aliphatic carbocycles. The summed E-state index contributed by atoms with van der Waals surface area (Å²) in [5, 5.41) is 13.8. The van der Waals surface area contributed by atoms with Crippen molar-refractivity contribution < 1.29 is 42.1 Å². The fourth-order valence-corrected chi connectivity index (χ4v) is 4.67. The second kappa shape index (κ2) is 13.4. The minimum Gasteiger partial charge on any atom is -0.480 e. The number of aromatic nitrogens is 1. The molecule has 0 aliphatic heterocycles. The van der Waals surface area contributed by atoms with Crippen LogP contribution in [0.4, 0.5) is 13.2 Å². The molecule has 47 heavy (non-hydrogen) atoms. The van der Waals surface area contributed by atoms with Gasteiger partial charge in [0.1, 0.15) is 40.5 Å². The molecule has 0 fully saturated rings. The smallest absolute Gasteiger partial charge is 0.480 e. The van der Waals surface area contributed by atoms with Crippen LogP contribution in [-0.2, 0) is 16.6 Å². The van der Waals surface area contributed by atoms with E-state index in [1.165, 1.54) is 23.9 Å². The number of carboxylic acids is 1. The number of aliphatic carboxylic acids is 1. The summed E-state index contributed by atoms with van der Waals surface area (Å²) in [5.41, 5.74) is 1.89. The number of carboxylic acid groups (broad SMARTS) is 1. The first-order valence-corrected chi connectivity index (χ1v) is 14.6. The number of halogens is 3. The van der Waals surface area contributed by atoms with Gasteiger partial charge in [0.25, 0.3) is 5.91 Å². The van der Waals surface area contributed by atoms with Crippen LogP contribution in [0, 0.1) is 0 Å². The number of ether oxygens (including phenoxy) is 3. The van der Waals surface area contributed by atoms with E-state index in [0.29, 0.717) is 22.8 Å². The summed E-state index contributed by atoms with van der Waals surface area (Å²) < 4.78 is 52.6. The number of hydrogen-bond acceptors (Lipinski definition) is 6. The first-order valence-electron chi connectivity index (χ1n) is 14.6. The SMILES string of the molecule is CC(C)(C)c1ccc(Oc2ccc3cc(C(=O)N[C@@H](Cc4ccc(Oc5ccc(OC(F)(F)F)cc5)cc4)C(=O)O)ncc3c2)cc1. The lowest BCUT2D eigenvalue weighted by Gasteiger charge is -2.19. The fourth-order valence-electron chi connectivity index (χ4n) is 4.67. The van der Waals surface area contributed by atoms with Gasteiger partial charge in [0.15, 0.2) is 0 Å². The predicted octanol–water partition coefficient (Wildman–Crippen LogP) is 8.44. The summed E-state index contributed by atoms with van der Waals surface area (Å²) in [7, 11) is 0. The van der Waals surface area contributed by atoms with Crippen molar-refractivity contribution in [1.82, 2.24) is 10.3 Å². The molecule has 1 heterocycles. The zero-order chi connectivity index (χ0) is 33.8. The second-order valence-corrected chi connectivity index (χ2v) is 11.8. The number of fused-ring (bicyclic) bond motifs is 1. The molecule has 8 nitrogen and oxygen atoms in total. The molecular formula is C36H31F3N2O6. The number of nitrogens with one attached hydrogen (secondary N) is 1. The first-order chi connectivity index (χ1) is 22.2. The minimum atomic E-state index is -4.79. The van der Waals surface area contributed by atoms with Gasteiger partial charge < -0.3 is 24.6 Å². The molecule has 0 saturated heterocycles. The van der Waals surface area contributed by atoms with Crippen molar-refractivity contribution in [2.45, 2.75) is 45.0 Å². The Kier molecular flexibility index (Phi) is 9.36. The van der Waals surface area contributed by atoms with E-state index < -0.39 is 24.3 Å². The molecule has 1 aromatic heterocycles. The minimum absolute atomic E-state index is 0.0180. The lowest BCUT2D eigenvalue weighted by Crippen LogP contribution is -2.42. The number of alkyl halides is 3. The number of carbonyl (C=O) groups excluding carboxylic acids is 1. The van der Waals surface area contributed by atoms with Crippen molar-refractivity contribution in [3.05, 3.63) is 120 Å². The van der Waals surface area contributed by atoms with Crippen molar-refractivity contribution >= 4 is 22.6 Å². The number of amides is 1. The Morgan fingerprint density at radius 1 is 0.745 bits per heavy atom. The summed E-state index contributed by atoms with van der Waals surface area (Å²) in [6.07, 6.45) is -3.28. The zero-order valence-electron chi connectivity index (χ0n) is 25.7. The molecule has 242 valence electrons. The monoisotopic (exact) mass is 644 g/mol. The zero-order valence-corrected chi connectivity index (χ0v) is 25.7. The molecular weight excluding hydrogens is 613 g/mol. The standard InChI is InChI=1S/C36H31F3N2O6/c1-35(2,3)25-7-12-27(13-8-25)46-30-11-6-23-20-31(40-21-24(23)19-30)33(42)41-32(34(43)44)18-22-4-9-26(10-5-22)45-28-14-16-29(17-15-28)47-36(37,38)39/h4-17,19-21,32H,18H2,1-3H3,(H,41,42)(H,43,44)/t32-/m0/s1. The van der Waals surface area contributed by atoms with Crippen LogP contribution in [0.15, 0.2) is 103 Å². The van der Waals surface area contributed by atoms with Crippen molar-refractivity contribution in [1.29, 1.82) is 0 Å². The van der Waals surface area contributed by atoms with Crippen LogP contribution in [-0.4, -0.2) is 34.4 Å². The third-order valence-electron chi connectivity index (χ3n) is 7.14. The molecule has 0 unspecified atom stereocenters. The molecule has 5 aromatic rings. The Morgan fingerprint density at radius 2 is 1.28 bits per heavy atom. The summed E-state index contributed by atoms with van der Waals surface area (Å²) in [4.78, 5) is 29.3. The highest BCUT2D eigenvalue weighted by atomic mass is 19.4. The van der Waals surface area contributed by atoms with Gasteiger partial charge in [-0.3, -0.25) is 9.78 Å². The highest BCUT2D eigenvalue weighted by molar-refractivity contribution is 5.98. The highest BCUT2D eigenvalue weighted by Gasteiger charge is 2.31. The first kappa shape index (κ1) is 32.8. The van der Waals surface area contributed by atoms with Gasteiger partial charge in [-0.05, 0) is 88.7 Å². The van der Waals surface area contributed by atoms with E-state index in [1.54, 1.807) is 42.5 Å². The molecule has 2 N–H and O–H groups in total. The van der Waals surface area contributed by atoms with Gasteiger partial charge >= 0.3 is 12.3 Å². The van der Waals surface area contributed by atoms with Gasteiger partial charge in [0.05, 0.1) is 0 Å². The fraction of sp³-hybridized carbons (Fsp3) is 0.194. The number of pyridine rings is 1. The molecule has 0 spiro atoms. The van der Waals surface area contributed by atoms with E-state index in [0.717, 1.165) is 22.9 Å². The average molecular weight is 645 g/mol. The van der Waals surface area contributed by atoms with Gasteiger partial charge in [-0.25, -0.2) is 4.79 Å². The van der Waals surface area contributed by atoms with E-state index in [2.05, 4.69) is 35.8 Å². The average Bonchev–Trinajstić information content (AvgIpc) is 3.01. The van der Waals surface area contributed by atoms with Crippen molar-refractivity contribution in [3.8, 4) is 28.7 Å². The van der Waals surface area contributed by atoms with Crippen molar-refractivity contribution in [2.24, 2.45) is 0 Å². The predicted molar refractivity (Wildman–Crippen MR) is 169 cm³/mol. The molecule has 0 aliphatic rings. The molecule has 4 aromatic carbocycles. The largest absolute Gasteiger partial charge is 0.573 e. The lowest BCUT2D eigenvalue weighted by molar-refractivity contribution is -0.274. The molecule has 0 radical (unpaired) electrons. The molecule has 0 saturated carbocycles. The van der Waals surface area contributed by atoms with Crippen LogP contribution in [0.3, 0.4) is 0 Å². The molecule has 11 heteroatoms. The van der Waals surface area contributed by atoms with E-state index in [1.807, 2.05) is 30.3 Å². The number of hydrogen-bond donors (Lipinski definition) is 2. The van der Waals surface area contributed by atoms with E-state index >= 15 is 0 Å². The third-order valence-corrected chi connectivity index (χ3v) is 7.14. The topological polar surface area (TPSA) is 107 Å². The van der Waals surface area contributed by atoms with Gasteiger partial charge in [-0.2, -0.15) is 0 Å². The Balaban J connectivity index is 1.19. The Bertz CT molecular complexity index is 1870. The molecule has 5 rings (SSSR count). The summed E-state index contributed by atoms with van der Waals surface area (Å²) in [6, 6.07) is 25.0. The van der Waals surface area contributed by atoms with Gasteiger partial charge in [0.2, 0.25) is 0 Å². The molecule has 0 bridgehead atoms. The van der Waals surface area contributed by atoms with E-state index in [-0.39, 0.29) is 29.0 Å². The molecule has 1 atom stereocenters. The second-order valence-electron chi connectivity index (χ2n) is 11.8. The summed E-state index contributed by atoms with van der Waals surface area (Å²) in [5.74, 6) is -0.290. The normalized spacial score (nSPS) is 12.3. The van der Waals surface area contributed by atoms with Crippen LogP contribution < -0.4 is 19.5 Å². The van der Waals surface area contributed by atoms with Crippen LogP contribution in [0.2, 0.25) is 0 Å². The van der Waals surface area contributed by atoms with Crippen LogP contribution in [0.1, 0.15) is 42.4 Å². The van der Waals surface area contributed by atoms with Crippen LogP contribution in [0.25, 0.3) is 10.8 Å². The van der Waals surface area contributed by atoms with Gasteiger partial charge in [0, 0.05) is 18.0 Å². The quantitative estimate of drug-likeness (QED) is 0.157. The summed E-state index contributed by atoms with van der Waals surface area (Å²) >= 11 is 0. The lowest BCUT2D eigenvalue weighted by atomic mass is 9.87. The number of benzene rings is 4. The number of carbonyl (C=O) groups is 2. The van der Waals surface area contributed by atoms with Crippen LogP contribution >= 0.6 is 0 Å². The van der Waals surface area contributed by atoms with E-state index in [9.17, 15) is 27.9 Å².